The lowest BCUT2D eigenvalue weighted by atomic mass is 9.96. The van der Waals surface area contributed by atoms with Crippen LogP contribution < -0.4 is 10.1 Å². The highest BCUT2D eigenvalue weighted by Gasteiger charge is 2.33. The van der Waals surface area contributed by atoms with Crippen LogP contribution in [0.25, 0.3) is 0 Å². The molecule has 0 aromatic heterocycles. The number of hydrogen-bond acceptors (Lipinski definition) is 3. The average molecular weight is 277 g/mol. The van der Waals surface area contributed by atoms with Gasteiger partial charge in [-0.05, 0) is 12.0 Å². The van der Waals surface area contributed by atoms with E-state index >= 15 is 0 Å². The molecule has 0 radical (unpaired) electrons. The molecule has 2 N–H and O–H groups in total. The summed E-state index contributed by atoms with van der Waals surface area (Å²) < 4.78 is 5.45. The van der Waals surface area contributed by atoms with E-state index in [4.69, 9.17) is 4.74 Å². The van der Waals surface area contributed by atoms with E-state index in [1.54, 1.807) is 0 Å². The SMILES string of the molecule is CCC(C)C(NC(=O)C1COc2ccccc21)C(=O)O. The molecule has 2 rings (SSSR count). The largest absolute Gasteiger partial charge is 0.492 e. The second-order valence-electron chi connectivity index (χ2n) is 5.11. The molecule has 0 spiro atoms. The van der Waals surface area contributed by atoms with Gasteiger partial charge in [-0.3, -0.25) is 4.79 Å². The van der Waals surface area contributed by atoms with Crippen molar-refractivity contribution in [2.24, 2.45) is 5.92 Å². The van der Waals surface area contributed by atoms with Gasteiger partial charge in [-0.25, -0.2) is 4.79 Å². The molecule has 3 atom stereocenters. The fourth-order valence-electron chi connectivity index (χ4n) is 2.32. The monoisotopic (exact) mass is 277 g/mol. The molecule has 0 fully saturated rings. The Labute approximate surface area is 117 Å². The van der Waals surface area contributed by atoms with Crippen LogP contribution in [0.1, 0.15) is 31.7 Å². The van der Waals surface area contributed by atoms with Crippen molar-refractivity contribution >= 4 is 11.9 Å². The highest BCUT2D eigenvalue weighted by Crippen LogP contribution is 2.33. The summed E-state index contributed by atoms with van der Waals surface area (Å²) in [6.45, 7) is 3.98. The van der Waals surface area contributed by atoms with Crippen LogP contribution in [-0.4, -0.2) is 29.6 Å². The van der Waals surface area contributed by atoms with E-state index < -0.39 is 17.9 Å². The minimum atomic E-state index is -1.00. The second kappa shape index (κ2) is 5.94. The van der Waals surface area contributed by atoms with Crippen molar-refractivity contribution in [3.05, 3.63) is 29.8 Å². The van der Waals surface area contributed by atoms with Crippen molar-refractivity contribution in [2.45, 2.75) is 32.2 Å². The number of aliphatic carboxylic acids is 1. The zero-order valence-corrected chi connectivity index (χ0v) is 11.6. The number of carboxylic acids is 1. The lowest BCUT2D eigenvalue weighted by molar-refractivity contribution is -0.143. The number of para-hydroxylation sites is 1. The molecule has 20 heavy (non-hydrogen) atoms. The Morgan fingerprint density at radius 1 is 1.45 bits per heavy atom. The maximum absolute atomic E-state index is 12.3. The van der Waals surface area contributed by atoms with Crippen LogP contribution in [-0.2, 0) is 9.59 Å². The fourth-order valence-corrected chi connectivity index (χ4v) is 2.32. The van der Waals surface area contributed by atoms with E-state index in [-0.39, 0.29) is 18.4 Å². The van der Waals surface area contributed by atoms with Crippen LogP contribution in [0.4, 0.5) is 0 Å². The Kier molecular flexibility index (Phi) is 4.27. The topological polar surface area (TPSA) is 75.6 Å². The van der Waals surface area contributed by atoms with Gasteiger partial charge in [0.15, 0.2) is 0 Å². The van der Waals surface area contributed by atoms with Crippen molar-refractivity contribution in [2.75, 3.05) is 6.61 Å². The van der Waals surface area contributed by atoms with Gasteiger partial charge in [-0.1, -0.05) is 38.5 Å². The summed E-state index contributed by atoms with van der Waals surface area (Å²) in [5, 5.41) is 11.8. The highest BCUT2D eigenvalue weighted by atomic mass is 16.5. The molecule has 5 nitrogen and oxygen atoms in total. The van der Waals surface area contributed by atoms with Crippen LogP contribution in [0.2, 0.25) is 0 Å². The molecule has 108 valence electrons. The summed E-state index contributed by atoms with van der Waals surface area (Å²) in [4.78, 5) is 23.5. The van der Waals surface area contributed by atoms with Crippen molar-refractivity contribution in [3.8, 4) is 5.75 Å². The third kappa shape index (κ3) is 2.76. The van der Waals surface area contributed by atoms with Crippen molar-refractivity contribution in [1.82, 2.24) is 5.32 Å². The lowest BCUT2D eigenvalue weighted by Crippen LogP contribution is -2.47. The van der Waals surface area contributed by atoms with Gasteiger partial charge in [-0.2, -0.15) is 0 Å². The number of carboxylic acid groups (broad SMARTS) is 1. The molecule has 0 bridgehead atoms. The van der Waals surface area contributed by atoms with E-state index in [1.165, 1.54) is 0 Å². The zero-order chi connectivity index (χ0) is 14.7. The molecule has 1 aromatic carbocycles. The molecule has 1 aliphatic heterocycles. The first kappa shape index (κ1) is 14.4. The number of amides is 1. The smallest absolute Gasteiger partial charge is 0.326 e. The molecular formula is C15H19NO4. The number of rotatable bonds is 5. The Hall–Kier alpha value is -2.04. The van der Waals surface area contributed by atoms with Crippen LogP contribution in [0.15, 0.2) is 24.3 Å². The number of nitrogens with one attached hydrogen (secondary N) is 1. The standard InChI is InChI=1S/C15H19NO4/c1-3-9(2)13(15(18)19)16-14(17)11-8-20-12-7-5-4-6-10(11)12/h4-7,9,11,13H,3,8H2,1-2H3,(H,16,17)(H,18,19). The van der Waals surface area contributed by atoms with Crippen LogP contribution in [0.3, 0.4) is 0 Å². The predicted octanol–water partition coefficient (Wildman–Crippen LogP) is 1.78. The number of carbonyl (C=O) groups is 2. The Bertz CT molecular complexity index is 514. The Balaban J connectivity index is 2.11. The number of fused-ring (bicyclic) bond motifs is 1. The summed E-state index contributed by atoms with van der Waals surface area (Å²) in [6, 6.07) is 6.48. The number of benzene rings is 1. The maximum atomic E-state index is 12.3. The van der Waals surface area contributed by atoms with E-state index in [2.05, 4.69) is 5.32 Å². The molecule has 5 heteroatoms. The summed E-state index contributed by atoms with van der Waals surface area (Å²) in [7, 11) is 0. The van der Waals surface area contributed by atoms with Crippen LogP contribution in [0.5, 0.6) is 5.75 Å². The summed E-state index contributed by atoms with van der Waals surface area (Å²) in [5.41, 5.74) is 0.818. The molecular weight excluding hydrogens is 258 g/mol. The molecule has 0 aliphatic carbocycles. The van der Waals surface area contributed by atoms with Crippen molar-refractivity contribution < 1.29 is 19.4 Å². The van der Waals surface area contributed by atoms with E-state index in [1.807, 2.05) is 38.1 Å². The van der Waals surface area contributed by atoms with E-state index in [0.717, 1.165) is 5.56 Å². The predicted molar refractivity (Wildman–Crippen MR) is 73.7 cm³/mol. The normalized spacial score (nSPS) is 19.6. The van der Waals surface area contributed by atoms with Crippen LogP contribution >= 0.6 is 0 Å². The van der Waals surface area contributed by atoms with Gasteiger partial charge in [0.2, 0.25) is 5.91 Å². The molecule has 0 saturated heterocycles. The Morgan fingerprint density at radius 2 is 2.15 bits per heavy atom. The molecule has 1 amide bonds. The third-order valence-electron chi connectivity index (χ3n) is 3.79. The van der Waals surface area contributed by atoms with Gasteiger partial charge in [0.1, 0.15) is 24.3 Å². The molecule has 1 aromatic rings. The van der Waals surface area contributed by atoms with Gasteiger partial charge in [0.05, 0.1) is 0 Å². The minimum Gasteiger partial charge on any atom is -0.492 e. The first-order valence-corrected chi connectivity index (χ1v) is 6.79. The minimum absolute atomic E-state index is 0.117. The first-order valence-electron chi connectivity index (χ1n) is 6.79. The quantitative estimate of drug-likeness (QED) is 0.860. The van der Waals surface area contributed by atoms with E-state index in [9.17, 15) is 14.7 Å². The lowest BCUT2D eigenvalue weighted by Gasteiger charge is -2.21. The van der Waals surface area contributed by atoms with Gasteiger partial charge in [0.25, 0.3) is 0 Å². The zero-order valence-electron chi connectivity index (χ0n) is 11.6. The van der Waals surface area contributed by atoms with Gasteiger partial charge in [-0.15, -0.1) is 0 Å². The second-order valence-corrected chi connectivity index (χ2v) is 5.11. The van der Waals surface area contributed by atoms with Crippen molar-refractivity contribution in [1.29, 1.82) is 0 Å². The first-order chi connectivity index (χ1) is 9.54. The maximum Gasteiger partial charge on any atom is 0.326 e. The van der Waals surface area contributed by atoms with Crippen LogP contribution in [0, 0.1) is 5.92 Å². The van der Waals surface area contributed by atoms with E-state index in [0.29, 0.717) is 12.2 Å². The summed E-state index contributed by atoms with van der Waals surface area (Å²) >= 11 is 0. The molecule has 1 aliphatic rings. The number of hydrogen-bond donors (Lipinski definition) is 2. The molecule has 3 unspecified atom stereocenters. The average Bonchev–Trinajstić information content (AvgIpc) is 2.87. The van der Waals surface area contributed by atoms with Gasteiger partial charge in [0, 0.05) is 5.56 Å². The summed E-state index contributed by atoms with van der Waals surface area (Å²) in [6.07, 6.45) is 0.689. The number of carbonyl (C=O) groups excluding carboxylic acids is 1. The summed E-state index contributed by atoms with van der Waals surface area (Å²) in [5.74, 6) is -1.14. The van der Waals surface area contributed by atoms with Gasteiger partial charge >= 0.3 is 5.97 Å². The fraction of sp³-hybridized carbons (Fsp3) is 0.467. The molecule has 0 saturated carbocycles. The number of ether oxygens (including phenoxy) is 1. The Morgan fingerprint density at radius 3 is 2.80 bits per heavy atom. The van der Waals surface area contributed by atoms with Gasteiger partial charge < -0.3 is 15.2 Å². The highest BCUT2D eigenvalue weighted by molar-refractivity contribution is 5.89. The third-order valence-corrected chi connectivity index (χ3v) is 3.79. The molecule has 1 heterocycles. The van der Waals surface area contributed by atoms with Crippen molar-refractivity contribution in [3.63, 3.8) is 0 Å².